The van der Waals surface area contributed by atoms with Crippen molar-refractivity contribution in [1.29, 1.82) is 0 Å². The molecule has 106 valence electrons. The van der Waals surface area contributed by atoms with Gasteiger partial charge in [-0.05, 0) is 12.1 Å². The van der Waals surface area contributed by atoms with Gasteiger partial charge in [-0.25, -0.2) is 4.68 Å². The summed E-state index contributed by atoms with van der Waals surface area (Å²) in [7, 11) is 1.51. The number of aromatic nitrogens is 2. The van der Waals surface area contributed by atoms with Gasteiger partial charge in [-0.2, -0.15) is 0 Å². The normalized spacial score (nSPS) is 10.2. The van der Waals surface area contributed by atoms with E-state index in [-0.39, 0.29) is 5.56 Å². The molecule has 0 spiro atoms. The van der Waals surface area contributed by atoms with Gasteiger partial charge in [-0.15, -0.1) is 5.10 Å². The minimum absolute atomic E-state index is 0.162. The van der Waals surface area contributed by atoms with Gasteiger partial charge in [-0.3, -0.25) is 4.79 Å². The second kappa shape index (κ2) is 6.60. The SMILES string of the molecule is COc1ccc(=O)n(CCCOc2ccccc2N)n1. The van der Waals surface area contributed by atoms with Gasteiger partial charge in [0, 0.05) is 25.1 Å². The number of benzene rings is 1. The molecule has 0 bridgehead atoms. The molecule has 1 aromatic heterocycles. The second-order valence-corrected chi connectivity index (χ2v) is 4.18. The molecular weight excluding hydrogens is 258 g/mol. The number of nitrogens with zero attached hydrogens (tertiary/aromatic N) is 2. The lowest BCUT2D eigenvalue weighted by molar-refractivity contribution is 0.295. The van der Waals surface area contributed by atoms with Gasteiger partial charge in [0.15, 0.2) is 0 Å². The third-order valence-electron chi connectivity index (χ3n) is 2.74. The minimum atomic E-state index is -0.162. The highest BCUT2D eigenvalue weighted by molar-refractivity contribution is 5.51. The maximum absolute atomic E-state index is 11.6. The van der Waals surface area contributed by atoms with Crippen LogP contribution in [0.25, 0.3) is 0 Å². The lowest BCUT2D eigenvalue weighted by Gasteiger charge is -2.09. The first-order valence-electron chi connectivity index (χ1n) is 6.30. The third-order valence-corrected chi connectivity index (χ3v) is 2.74. The van der Waals surface area contributed by atoms with Gasteiger partial charge < -0.3 is 15.2 Å². The maximum atomic E-state index is 11.6. The quantitative estimate of drug-likeness (QED) is 0.635. The first-order valence-corrected chi connectivity index (χ1v) is 6.30. The summed E-state index contributed by atoms with van der Waals surface area (Å²) in [5, 5.41) is 4.05. The lowest BCUT2D eigenvalue weighted by atomic mass is 10.3. The van der Waals surface area contributed by atoms with E-state index in [1.165, 1.54) is 17.9 Å². The Morgan fingerprint density at radius 2 is 2.05 bits per heavy atom. The largest absolute Gasteiger partial charge is 0.491 e. The molecule has 6 nitrogen and oxygen atoms in total. The number of nitrogens with two attached hydrogens (primary N) is 1. The van der Waals surface area contributed by atoms with Crippen LogP contribution >= 0.6 is 0 Å². The van der Waals surface area contributed by atoms with Gasteiger partial charge in [-0.1, -0.05) is 12.1 Å². The molecule has 0 aliphatic carbocycles. The van der Waals surface area contributed by atoms with Crippen molar-refractivity contribution < 1.29 is 9.47 Å². The fourth-order valence-electron chi connectivity index (χ4n) is 1.71. The molecule has 0 amide bonds. The zero-order valence-electron chi connectivity index (χ0n) is 11.3. The second-order valence-electron chi connectivity index (χ2n) is 4.18. The first kappa shape index (κ1) is 13.9. The minimum Gasteiger partial charge on any atom is -0.491 e. The molecule has 6 heteroatoms. The van der Waals surface area contributed by atoms with Crippen LogP contribution in [0.2, 0.25) is 0 Å². The molecule has 0 atom stereocenters. The lowest BCUT2D eigenvalue weighted by Crippen LogP contribution is -2.23. The number of ether oxygens (including phenoxy) is 2. The molecule has 1 aromatic carbocycles. The Kier molecular flexibility index (Phi) is 4.60. The van der Waals surface area contributed by atoms with Crippen LogP contribution in [0.3, 0.4) is 0 Å². The van der Waals surface area contributed by atoms with Crippen LogP contribution in [0, 0.1) is 0 Å². The Bertz CT molecular complexity index is 625. The average molecular weight is 275 g/mol. The molecule has 20 heavy (non-hydrogen) atoms. The number of nitrogen functional groups attached to an aromatic ring is 1. The zero-order chi connectivity index (χ0) is 14.4. The summed E-state index contributed by atoms with van der Waals surface area (Å²) in [5.74, 6) is 1.07. The third kappa shape index (κ3) is 3.50. The number of anilines is 1. The Labute approximate surface area is 116 Å². The molecule has 0 radical (unpaired) electrons. The highest BCUT2D eigenvalue weighted by Crippen LogP contribution is 2.19. The summed E-state index contributed by atoms with van der Waals surface area (Å²) in [6.45, 7) is 0.919. The molecule has 1 heterocycles. The average Bonchev–Trinajstić information content (AvgIpc) is 2.47. The van der Waals surface area contributed by atoms with E-state index < -0.39 is 0 Å². The molecule has 0 saturated heterocycles. The highest BCUT2D eigenvalue weighted by atomic mass is 16.5. The van der Waals surface area contributed by atoms with Crippen LogP contribution < -0.4 is 20.8 Å². The number of para-hydroxylation sites is 2. The van der Waals surface area contributed by atoms with Gasteiger partial charge in [0.2, 0.25) is 5.88 Å². The van der Waals surface area contributed by atoms with E-state index >= 15 is 0 Å². The fourth-order valence-corrected chi connectivity index (χ4v) is 1.71. The van der Waals surface area contributed by atoms with Crippen molar-refractivity contribution in [1.82, 2.24) is 9.78 Å². The molecule has 0 fully saturated rings. The van der Waals surface area contributed by atoms with Gasteiger partial charge in [0.1, 0.15) is 5.75 Å². The number of rotatable bonds is 6. The Balaban J connectivity index is 1.87. The maximum Gasteiger partial charge on any atom is 0.266 e. The molecular formula is C14H17N3O3. The van der Waals surface area contributed by atoms with Crippen LogP contribution in [-0.4, -0.2) is 23.5 Å². The van der Waals surface area contributed by atoms with E-state index in [4.69, 9.17) is 15.2 Å². The molecule has 0 unspecified atom stereocenters. The van der Waals surface area contributed by atoms with E-state index in [9.17, 15) is 4.79 Å². The van der Waals surface area contributed by atoms with E-state index in [0.29, 0.717) is 36.9 Å². The fraction of sp³-hybridized carbons (Fsp3) is 0.286. The van der Waals surface area contributed by atoms with Crippen molar-refractivity contribution in [2.75, 3.05) is 19.5 Å². The van der Waals surface area contributed by atoms with Crippen LogP contribution in [-0.2, 0) is 6.54 Å². The van der Waals surface area contributed by atoms with Gasteiger partial charge >= 0.3 is 0 Å². The topological polar surface area (TPSA) is 79.4 Å². The van der Waals surface area contributed by atoms with Crippen LogP contribution in [0.5, 0.6) is 11.6 Å². The molecule has 0 aliphatic rings. The van der Waals surface area contributed by atoms with Crippen molar-refractivity contribution in [2.24, 2.45) is 0 Å². The first-order chi connectivity index (χ1) is 9.70. The monoisotopic (exact) mass is 275 g/mol. The number of aryl methyl sites for hydroxylation is 1. The van der Waals surface area contributed by atoms with Crippen LogP contribution in [0.1, 0.15) is 6.42 Å². The Morgan fingerprint density at radius 3 is 2.80 bits per heavy atom. The van der Waals surface area contributed by atoms with Crippen LogP contribution in [0.15, 0.2) is 41.2 Å². The van der Waals surface area contributed by atoms with Gasteiger partial charge in [0.05, 0.1) is 19.4 Å². The predicted molar refractivity (Wildman–Crippen MR) is 76.0 cm³/mol. The van der Waals surface area contributed by atoms with E-state index in [2.05, 4.69) is 5.10 Å². The summed E-state index contributed by atoms with van der Waals surface area (Å²) in [4.78, 5) is 11.6. The molecule has 2 aromatic rings. The smallest absolute Gasteiger partial charge is 0.266 e. The number of methoxy groups -OCH3 is 1. The predicted octanol–water partition coefficient (Wildman–Crippen LogP) is 1.30. The summed E-state index contributed by atoms with van der Waals surface area (Å²) in [6, 6.07) is 10.3. The van der Waals surface area contributed by atoms with E-state index in [1.807, 2.05) is 18.2 Å². The molecule has 0 saturated carbocycles. The zero-order valence-corrected chi connectivity index (χ0v) is 11.3. The van der Waals surface area contributed by atoms with Crippen LogP contribution in [0.4, 0.5) is 5.69 Å². The van der Waals surface area contributed by atoms with Crippen molar-refractivity contribution in [2.45, 2.75) is 13.0 Å². The van der Waals surface area contributed by atoms with E-state index in [0.717, 1.165) is 0 Å². The number of hydrogen-bond donors (Lipinski definition) is 1. The van der Waals surface area contributed by atoms with Crippen molar-refractivity contribution >= 4 is 5.69 Å². The number of hydrogen-bond acceptors (Lipinski definition) is 5. The Morgan fingerprint density at radius 1 is 1.25 bits per heavy atom. The highest BCUT2D eigenvalue weighted by Gasteiger charge is 2.02. The van der Waals surface area contributed by atoms with E-state index in [1.54, 1.807) is 12.1 Å². The molecule has 0 aliphatic heterocycles. The molecule has 2 N–H and O–H groups in total. The summed E-state index contributed by atoms with van der Waals surface area (Å²) >= 11 is 0. The summed E-state index contributed by atoms with van der Waals surface area (Å²) in [5.41, 5.74) is 6.21. The van der Waals surface area contributed by atoms with Crippen molar-refractivity contribution in [3.63, 3.8) is 0 Å². The Hall–Kier alpha value is -2.50. The molecule has 2 rings (SSSR count). The van der Waals surface area contributed by atoms with Crippen molar-refractivity contribution in [3.05, 3.63) is 46.8 Å². The summed E-state index contributed by atoms with van der Waals surface area (Å²) < 4.78 is 11.9. The van der Waals surface area contributed by atoms with Crippen molar-refractivity contribution in [3.8, 4) is 11.6 Å². The summed E-state index contributed by atoms with van der Waals surface area (Å²) in [6.07, 6.45) is 0.647. The standard InChI is InChI=1S/C14H17N3O3/c1-19-13-7-8-14(18)17(16-13)9-4-10-20-12-6-3-2-5-11(12)15/h2-3,5-8H,4,9-10,15H2,1H3. The van der Waals surface area contributed by atoms with Gasteiger partial charge in [0.25, 0.3) is 5.56 Å².